The maximum absolute atomic E-state index is 12.1. The first kappa shape index (κ1) is 14.7. The second-order valence-corrected chi connectivity index (χ2v) is 4.47. The lowest BCUT2D eigenvalue weighted by Crippen LogP contribution is -2.13. The molecule has 21 heavy (non-hydrogen) atoms. The number of hydrogen-bond donors (Lipinski definition) is 0. The van der Waals surface area contributed by atoms with E-state index in [1.165, 1.54) is 16.8 Å². The summed E-state index contributed by atoms with van der Waals surface area (Å²) < 4.78 is 6.41. The fourth-order valence-corrected chi connectivity index (χ4v) is 1.97. The van der Waals surface area contributed by atoms with E-state index in [0.717, 1.165) is 0 Å². The van der Waals surface area contributed by atoms with Crippen molar-refractivity contribution in [3.63, 3.8) is 0 Å². The van der Waals surface area contributed by atoms with E-state index in [-0.39, 0.29) is 18.0 Å². The van der Waals surface area contributed by atoms with Gasteiger partial charge < -0.3 is 4.74 Å². The third kappa shape index (κ3) is 2.76. The molecule has 0 bridgehead atoms. The number of nitrogens with zero attached hydrogens (tertiary/aromatic N) is 3. The number of esters is 1. The van der Waals surface area contributed by atoms with Crippen molar-refractivity contribution in [3.8, 4) is 5.69 Å². The molecule has 0 saturated heterocycles. The van der Waals surface area contributed by atoms with E-state index < -0.39 is 10.9 Å². The summed E-state index contributed by atoms with van der Waals surface area (Å²) in [5.74, 6) is -0.498. The summed E-state index contributed by atoms with van der Waals surface area (Å²) in [6.45, 7) is 5.50. The standard InChI is InChI=1S/C14H15N3O4/c1-4-21-14(18)13-9(2)10(3)15-16(13)11-6-5-7-12(8-11)17(19)20/h5-8H,4H2,1-3H3. The van der Waals surface area contributed by atoms with Crippen molar-refractivity contribution in [1.82, 2.24) is 9.78 Å². The monoisotopic (exact) mass is 289 g/mol. The first-order valence-electron chi connectivity index (χ1n) is 6.43. The normalized spacial score (nSPS) is 10.4. The number of carbonyl (C=O) groups excluding carboxylic acids is 1. The Bertz CT molecular complexity index is 706. The minimum absolute atomic E-state index is 0.0619. The van der Waals surface area contributed by atoms with Crippen LogP contribution in [0.2, 0.25) is 0 Å². The number of aromatic nitrogens is 2. The van der Waals surface area contributed by atoms with Crippen molar-refractivity contribution in [2.45, 2.75) is 20.8 Å². The predicted molar refractivity (Wildman–Crippen MR) is 75.6 cm³/mol. The SMILES string of the molecule is CCOC(=O)c1c(C)c(C)nn1-c1cccc([N+](=O)[O-])c1. The van der Waals surface area contributed by atoms with Gasteiger partial charge in [-0.1, -0.05) is 6.07 Å². The van der Waals surface area contributed by atoms with Crippen LogP contribution in [-0.4, -0.2) is 27.3 Å². The van der Waals surface area contributed by atoms with Gasteiger partial charge in [-0.3, -0.25) is 10.1 Å². The summed E-state index contributed by atoms with van der Waals surface area (Å²) in [4.78, 5) is 22.4. The average Bonchev–Trinajstić information content (AvgIpc) is 2.75. The van der Waals surface area contributed by atoms with Crippen LogP contribution >= 0.6 is 0 Å². The largest absolute Gasteiger partial charge is 0.461 e. The minimum Gasteiger partial charge on any atom is -0.461 e. The Morgan fingerprint density at radius 1 is 1.43 bits per heavy atom. The molecule has 0 aliphatic heterocycles. The Balaban J connectivity index is 2.59. The average molecular weight is 289 g/mol. The maximum Gasteiger partial charge on any atom is 0.357 e. The molecule has 1 heterocycles. The van der Waals surface area contributed by atoms with Gasteiger partial charge in [-0.15, -0.1) is 0 Å². The highest BCUT2D eigenvalue weighted by Gasteiger charge is 2.22. The third-order valence-electron chi connectivity index (χ3n) is 3.11. The van der Waals surface area contributed by atoms with E-state index >= 15 is 0 Å². The van der Waals surface area contributed by atoms with E-state index in [0.29, 0.717) is 16.9 Å². The van der Waals surface area contributed by atoms with Gasteiger partial charge in [0.05, 0.1) is 22.9 Å². The molecule has 0 aliphatic rings. The fourth-order valence-electron chi connectivity index (χ4n) is 1.97. The van der Waals surface area contributed by atoms with Crippen LogP contribution in [0, 0.1) is 24.0 Å². The minimum atomic E-state index is -0.498. The van der Waals surface area contributed by atoms with Crippen molar-refractivity contribution >= 4 is 11.7 Å². The van der Waals surface area contributed by atoms with Gasteiger partial charge in [0.25, 0.3) is 5.69 Å². The van der Waals surface area contributed by atoms with Gasteiger partial charge in [0.2, 0.25) is 0 Å². The van der Waals surface area contributed by atoms with Crippen LogP contribution in [0.25, 0.3) is 5.69 Å². The van der Waals surface area contributed by atoms with Gasteiger partial charge in [0.1, 0.15) is 0 Å². The molecule has 0 amide bonds. The summed E-state index contributed by atoms with van der Waals surface area (Å²) in [6, 6.07) is 5.96. The molecule has 7 heteroatoms. The van der Waals surface area contributed by atoms with E-state index in [4.69, 9.17) is 4.74 Å². The smallest absolute Gasteiger partial charge is 0.357 e. The highest BCUT2D eigenvalue weighted by Crippen LogP contribution is 2.22. The molecular weight excluding hydrogens is 274 g/mol. The molecular formula is C14H15N3O4. The van der Waals surface area contributed by atoms with E-state index in [1.807, 2.05) is 0 Å². The number of benzene rings is 1. The lowest BCUT2D eigenvalue weighted by Gasteiger charge is -2.07. The molecule has 0 radical (unpaired) electrons. The summed E-state index contributed by atoms with van der Waals surface area (Å²) in [7, 11) is 0. The van der Waals surface area contributed by atoms with Crippen molar-refractivity contribution in [2.24, 2.45) is 0 Å². The first-order chi connectivity index (χ1) is 9.95. The number of nitro benzene ring substituents is 1. The van der Waals surface area contributed by atoms with Crippen LogP contribution in [0.1, 0.15) is 28.7 Å². The highest BCUT2D eigenvalue weighted by atomic mass is 16.6. The van der Waals surface area contributed by atoms with Crippen molar-refractivity contribution in [3.05, 3.63) is 51.3 Å². The Kier molecular flexibility index (Phi) is 4.02. The van der Waals surface area contributed by atoms with E-state index in [2.05, 4.69) is 5.10 Å². The number of aryl methyl sites for hydroxylation is 1. The van der Waals surface area contributed by atoms with Crippen molar-refractivity contribution < 1.29 is 14.5 Å². The summed E-state index contributed by atoms with van der Waals surface area (Å²) in [6.07, 6.45) is 0. The third-order valence-corrected chi connectivity index (χ3v) is 3.11. The lowest BCUT2D eigenvalue weighted by molar-refractivity contribution is -0.384. The van der Waals surface area contributed by atoms with Crippen molar-refractivity contribution in [2.75, 3.05) is 6.61 Å². The second-order valence-electron chi connectivity index (χ2n) is 4.47. The Morgan fingerprint density at radius 2 is 2.14 bits per heavy atom. The molecule has 2 aromatic rings. The lowest BCUT2D eigenvalue weighted by atomic mass is 10.2. The molecule has 0 saturated carbocycles. The van der Waals surface area contributed by atoms with Gasteiger partial charge in [0, 0.05) is 17.7 Å². The van der Waals surface area contributed by atoms with Gasteiger partial charge >= 0.3 is 5.97 Å². The molecule has 0 spiro atoms. The molecule has 7 nitrogen and oxygen atoms in total. The van der Waals surface area contributed by atoms with E-state index in [9.17, 15) is 14.9 Å². The summed E-state index contributed by atoms with van der Waals surface area (Å²) in [5.41, 5.74) is 2.04. The van der Waals surface area contributed by atoms with Crippen LogP contribution in [0.3, 0.4) is 0 Å². The number of carbonyl (C=O) groups is 1. The molecule has 0 atom stereocenters. The number of nitro groups is 1. The molecule has 0 aliphatic carbocycles. The van der Waals surface area contributed by atoms with Crippen LogP contribution in [0.15, 0.2) is 24.3 Å². The Labute approximate surface area is 121 Å². The maximum atomic E-state index is 12.1. The van der Waals surface area contributed by atoms with E-state index in [1.54, 1.807) is 32.9 Å². The zero-order valence-corrected chi connectivity index (χ0v) is 12.0. The molecule has 0 N–H and O–H groups in total. The number of non-ortho nitro benzene ring substituents is 1. The Hall–Kier alpha value is -2.70. The number of ether oxygens (including phenoxy) is 1. The Morgan fingerprint density at radius 3 is 2.76 bits per heavy atom. The highest BCUT2D eigenvalue weighted by molar-refractivity contribution is 5.90. The van der Waals surface area contributed by atoms with Crippen LogP contribution in [-0.2, 0) is 4.74 Å². The zero-order chi connectivity index (χ0) is 15.6. The van der Waals surface area contributed by atoms with Gasteiger partial charge in [-0.25, -0.2) is 9.48 Å². The molecule has 2 rings (SSSR count). The predicted octanol–water partition coefficient (Wildman–Crippen LogP) is 2.57. The zero-order valence-electron chi connectivity index (χ0n) is 12.0. The van der Waals surface area contributed by atoms with Crippen LogP contribution < -0.4 is 0 Å². The molecule has 0 unspecified atom stereocenters. The fraction of sp³-hybridized carbons (Fsp3) is 0.286. The summed E-state index contributed by atoms with van der Waals surface area (Å²) >= 11 is 0. The summed E-state index contributed by atoms with van der Waals surface area (Å²) in [5, 5.41) is 15.1. The van der Waals surface area contributed by atoms with Gasteiger partial charge in [-0.2, -0.15) is 5.10 Å². The number of rotatable bonds is 4. The topological polar surface area (TPSA) is 87.3 Å². The quantitative estimate of drug-likeness (QED) is 0.490. The molecule has 1 aromatic heterocycles. The first-order valence-corrected chi connectivity index (χ1v) is 6.43. The molecule has 110 valence electrons. The van der Waals surface area contributed by atoms with Gasteiger partial charge in [-0.05, 0) is 26.8 Å². The molecule has 0 fully saturated rings. The van der Waals surface area contributed by atoms with Gasteiger partial charge in [0.15, 0.2) is 5.69 Å². The second kappa shape index (κ2) is 5.74. The molecule has 1 aromatic carbocycles. The number of hydrogen-bond acceptors (Lipinski definition) is 5. The van der Waals surface area contributed by atoms with Crippen LogP contribution in [0.4, 0.5) is 5.69 Å². The van der Waals surface area contributed by atoms with Crippen molar-refractivity contribution in [1.29, 1.82) is 0 Å². The van der Waals surface area contributed by atoms with Crippen LogP contribution in [0.5, 0.6) is 0 Å².